The Bertz CT molecular complexity index is 691. The maximum Gasteiger partial charge on any atom is 0.254 e. The molecular weight excluding hydrogens is 290 g/mol. The molecule has 23 heavy (non-hydrogen) atoms. The number of fused-ring (bicyclic) bond motifs is 1. The van der Waals surface area contributed by atoms with Gasteiger partial charge in [-0.1, -0.05) is 39.5 Å². The summed E-state index contributed by atoms with van der Waals surface area (Å²) in [7, 11) is 0. The van der Waals surface area contributed by atoms with E-state index in [4.69, 9.17) is 4.74 Å². The van der Waals surface area contributed by atoms with Gasteiger partial charge in [0.25, 0.3) is 5.56 Å². The molecule has 0 amide bonds. The Morgan fingerprint density at radius 1 is 1.04 bits per heavy atom. The molecule has 4 nitrogen and oxygen atoms in total. The van der Waals surface area contributed by atoms with Gasteiger partial charge in [-0.2, -0.15) is 0 Å². The Hall–Kier alpha value is -1.97. The van der Waals surface area contributed by atoms with Crippen molar-refractivity contribution in [2.24, 2.45) is 0 Å². The Morgan fingerprint density at radius 3 is 2.57 bits per heavy atom. The van der Waals surface area contributed by atoms with Crippen molar-refractivity contribution in [3.8, 4) is 11.5 Å². The number of aromatic nitrogens is 1. The standard InChI is InChI=1S/C19H27NO3/c1-3-5-7-8-11-20-17-13-15(23-12-6-4-2)9-10-16(17)18(21)14-19(20)22/h9-10,13-14,21H,3-8,11-12H2,1-2H3. The van der Waals surface area contributed by atoms with Crippen molar-refractivity contribution >= 4 is 10.9 Å². The van der Waals surface area contributed by atoms with Crippen LogP contribution in [0.1, 0.15) is 52.4 Å². The second-order valence-corrected chi connectivity index (χ2v) is 5.96. The number of nitrogens with zero attached hydrogens (tertiary/aromatic N) is 1. The largest absolute Gasteiger partial charge is 0.507 e. The first kappa shape index (κ1) is 17.4. The van der Waals surface area contributed by atoms with Gasteiger partial charge >= 0.3 is 0 Å². The van der Waals surface area contributed by atoms with Gasteiger partial charge in [0, 0.05) is 24.1 Å². The zero-order valence-corrected chi connectivity index (χ0v) is 14.2. The van der Waals surface area contributed by atoms with Crippen LogP contribution in [0.4, 0.5) is 0 Å². The van der Waals surface area contributed by atoms with E-state index in [1.807, 2.05) is 18.2 Å². The second kappa shape index (κ2) is 8.61. The zero-order valence-electron chi connectivity index (χ0n) is 14.2. The summed E-state index contributed by atoms with van der Waals surface area (Å²) < 4.78 is 7.48. The highest BCUT2D eigenvalue weighted by Crippen LogP contribution is 2.27. The SMILES string of the molecule is CCCCCCn1c(=O)cc(O)c2ccc(OCCCC)cc21. The first-order chi connectivity index (χ1) is 11.2. The molecule has 1 N–H and O–H groups in total. The molecule has 4 heteroatoms. The van der Waals surface area contributed by atoms with Crippen LogP contribution in [0.2, 0.25) is 0 Å². The molecule has 1 heterocycles. The van der Waals surface area contributed by atoms with Gasteiger partial charge in [-0.25, -0.2) is 0 Å². The Morgan fingerprint density at radius 2 is 1.83 bits per heavy atom. The molecule has 2 aromatic rings. The molecular formula is C19H27NO3. The third-order valence-electron chi connectivity index (χ3n) is 4.06. The highest BCUT2D eigenvalue weighted by molar-refractivity contribution is 5.86. The predicted molar refractivity (Wildman–Crippen MR) is 94.4 cm³/mol. The van der Waals surface area contributed by atoms with Gasteiger partial charge in [0.15, 0.2) is 0 Å². The number of ether oxygens (including phenoxy) is 1. The van der Waals surface area contributed by atoms with Crippen molar-refractivity contribution in [2.45, 2.75) is 58.9 Å². The lowest BCUT2D eigenvalue weighted by Gasteiger charge is -2.13. The maximum absolute atomic E-state index is 12.3. The summed E-state index contributed by atoms with van der Waals surface area (Å²) in [5.74, 6) is 0.785. The van der Waals surface area contributed by atoms with Crippen LogP contribution in [0, 0.1) is 0 Å². The van der Waals surface area contributed by atoms with E-state index in [0.717, 1.165) is 36.9 Å². The quantitative estimate of drug-likeness (QED) is 0.694. The highest BCUT2D eigenvalue weighted by atomic mass is 16.5. The second-order valence-electron chi connectivity index (χ2n) is 5.96. The van der Waals surface area contributed by atoms with Crippen molar-refractivity contribution in [1.82, 2.24) is 4.57 Å². The molecule has 0 unspecified atom stereocenters. The first-order valence-electron chi connectivity index (χ1n) is 8.66. The average molecular weight is 317 g/mol. The highest BCUT2D eigenvalue weighted by Gasteiger charge is 2.09. The molecule has 0 radical (unpaired) electrons. The van der Waals surface area contributed by atoms with Crippen molar-refractivity contribution in [3.05, 3.63) is 34.6 Å². The summed E-state index contributed by atoms with van der Waals surface area (Å²) in [5.41, 5.74) is 0.595. The van der Waals surface area contributed by atoms with Crippen LogP contribution < -0.4 is 10.3 Å². The molecule has 1 aromatic heterocycles. The fraction of sp³-hybridized carbons (Fsp3) is 0.526. The van der Waals surface area contributed by atoms with E-state index in [9.17, 15) is 9.90 Å². The number of unbranched alkanes of at least 4 members (excludes halogenated alkanes) is 4. The molecule has 0 bridgehead atoms. The third-order valence-corrected chi connectivity index (χ3v) is 4.06. The molecule has 2 rings (SSSR count). The van der Waals surface area contributed by atoms with E-state index in [1.54, 1.807) is 4.57 Å². The molecule has 0 aliphatic heterocycles. The van der Waals surface area contributed by atoms with Gasteiger partial charge in [0.05, 0.1) is 12.1 Å². The van der Waals surface area contributed by atoms with E-state index < -0.39 is 0 Å². The molecule has 126 valence electrons. The minimum absolute atomic E-state index is 0.0370. The van der Waals surface area contributed by atoms with Crippen molar-refractivity contribution in [1.29, 1.82) is 0 Å². The maximum atomic E-state index is 12.3. The van der Waals surface area contributed by atoms with Gasteiger partial charge in [-0.15, -0.1) is 0 Å². The molecule has 0 atom stereocenters. The van der Waals surface area contributed by atoms with E-state index in [1.165, 1.54) is 18.9 Å². The Balaban J connectivity index is 2.30. The Labute approximate surface area is 137 Å². The summed E-state index contributed by atoms with van der Waals surface area (Å²) in [6.45, 7) is 5.63. The van der Waals surface area contributed by atoms with Crippen LogP contribution in [-0.4, -0.2) is 16.3 Å². The first-order valence-corrected chi connectivity index (χ1v) is 8.66. The van der Waals surface area contributed by atoms with Crippen molar-refractivity contribution in [2.75, 3.05) is 6.61 Å². The fourth-order valence-electron chi connectivity index (χ4n) is 2.69. The number of hydrogen-bond acceptors (Lipinski definition) is 3. The van der Waals surface area contributed by atoms with Gasteiger partial charge in [-0.3, -0.25) is 4.79 Å². The summed E-state index contributed by atoms with van der Waals surface area (Å²) in [6.07, 6.45) is 6.50. The van der Waals surface area contributed by atoms with Gasteiger partial charge < -0.3 is 14.4 Å². The lowest BCUT2D eigenvalue weighted by atomic mass is 10.1. The number of pyridine rings is 1. The van der Waals surface area contributed by atoms with Crippen LogP contribution in [-0.2, 0) is 6.54 Å². The van der Waals surface area contributed by atoms with Crippen molar-refractivity contribution in [3.63, 3.8) is 0 Å². The van der Waals surface area contributed by atoms with Crippen LogP contribution in [0.15, 0.2) is 29.1 Å². The summed E-state index contributed by atoms with van der Waals surface area (Å²) >= 11 is 0. The monoisotopic (exact) mass is 317 g/mol. The van der Waals surface area contributed by atoms with Gasteiger partial charge in [0.1, 0.15) is 11.5 Å². The number of rotatable bonds is 9. The van der Waals surface area contributed by atoms with Crippen molar-refractivity contribution < 1.29 is 9.84 Å². The minimum Gasteiger partial charge on any atom is -0.507 e. The van der Waals surface area contributed by atoms with Crippen LogP contribution in [0.5, 0.6) is 11.5 Å². The summed E-state index contributed by atoms with van der Waals surface area (Å²) in [6, 6.07) is 6.85. The molecule has 0 saturated carbocycles. The minimum atomic E-state index is -0.155. The van der Waals surface area contributed by atoms with Crippen LogP contribution in [0.25, 0.3) is 10.9 Å². The molecule has 0 aliphatic carbocycles. The number of aryl methyl sites for hydroxylation is 1. The van der Waals surface area contributed by atoms with Gasteiger partial charge in [-0.05, 0) is 25.0 Å². The third kappa shape index (κ3) is 4.50. The van der Waals surface area contributed by atoms with E-state index in [2.05, 4.69) is 13.8 Å². The van der Waals surface area contributed by atoms with E-state index in [-0.39, 0.29) is 11.3 Å². The summed E-state index contributed by atoms with van der Waals surface area (Å²) in [5, 5.41) is 10.7. The average Bonchev–Trinajstić information content (AvgIpc) is 2.54. The molecule has 0 saturated heterocycles. The predicted octanol–water partition coefficient (Wildman–Crippen LogP) is 4.47. The molecule has 0 aliphatic rings. The fourth-order valence-corrected chi connectivity index (χ4v) is 2.69. The number of hydrogen-bond donors (Lipinski definition) is 1. The van der Waals surface area contributed by atoms with E-state index in [0.29, 0.717) is 18.5 Å². The smallest absolute Gasteiger partial charge is 0.254 e. The lowest BCUT2D eigenvalue weighted by molar-refractivity contribution is 0.309. The number of aromatic hydroxyl groups is 1. The lowest BCUT2D eigenvalue weighted by Crippen LogP contribution is -2.19. The van der Waals surface area contributed by atoms with Crippen LogP contribution >= 0.6 is 0 Å². The normalized spacial score (nSPS) is 11.0. The van der Waals surface area contributed by atoms with Gasteiger partial charge in [0.2, 0.25) is 0 Å². The topological polar surface area (TPSA) is 51.5 Å². The van der Waals surface area contributed by atoms with Crippen LogP contribution in [0.3, 0.4) is 0 Å². The van der Waals surface area contributed by atoms with E-state index >= 15 is 0 Å². The zero-order chi connectivity index (χ0) is 16.7. The molecule has 0 spiro atoms. The Kier molecular flexibility index (Phi) is 6.51. The molecule has 0 fully saturated rings. The summed E-state index contributed by atoms with van der Waals surface area (Å²) in [4.78, 5) is 12.3. The molecule has 1 aromatic carbocycles. The number of benzene rings is 1.